The predicted molar refractivity (Wildman–Crippen MR) is 73.6 cm³/mol. The Bertz CT molecular complexity index is 518. The second-order valence-corrected chi connectivity index (χ2v) is 5.83. The summed E-state index contributed by atoms with van der Waals surface area (Å²) >= 11 is 0. The summed E-state index contributed by atoms with van der Waals surface area (Å²) < 4.78 is 1.89. The van der Waals surface area contributed by atoms with Gasteiger partial charge in [-0.3, -0.25) is 14.3 Å². The van der Waals surface area contributed by atoms with E-state index in [0.717, 1.165) is 25.1 Å². The first kappa shape index (κ1) is 14.6. The lowest BCUT2D eigenvalue weighted by Crippen LogP contribution is -2.38. The molecule has 1 heterocycles. The number of aromatic nitrogens is 2. The zero-order chi connectivity index (χ0) is 14.9. The minimum atomic E-state index is -1.04. The van der Waals surface area contributed by atoms with E-state index in [0.29, 0.717) is 17.4 Å². The van der Waals surface area contributed by atoms with Crippen LogP contribution in [-0.4, -0.2) is 32.8 Å². The molecule has 0 saturated heterocycles. The van der Waals surface area contributed by atoms with Crippen molar-refractivity contribution >= 4 is 11.9 Å². The predicted octanol–water partition coefficient (Wildman–Crippen LogP) is 1.62. The molecule has 2 rings (SSSR count). The molecule has 0 bridgehead atoms. The van der Waals surface area contributed by atoms with Crippen LogP contribution in [0.15, 0.2) is 6.20 Å². The van der Waals surface area contributed by atoms with Crippen LogP contribution < -0.4 is 5.32 Å². The molecule has 6 heteroatoms. The summed E-state index contributed by atoms with van der Waals surface area (Å²) in [4.78, 5) is 23.0. The molecule has 0 radical (unpaired) electrons. The Hall–Kier alpha value is -1.85. The highest BCUT2D eigenvalue weighted by molar-refractivity contribution is 5.97. The molecule has 20 heavy (non-hydrogen) atoms. The van der Waals surface area contributed by atoms with Gasteiger partial charge in [0, 0.05) is 12.5 Å². The number of nitrogens with zero attached hydrogens (tertiary/aromatic N) is 2. The van der Waals surface area contributed by atoms with E-state index in [1.165, 1.54) is 6.92 Å². The fourth-order valence-corrected chi connectivity index (χ4v) is 2.18. The molecule has 2 N–H and O–H groups in total. The summed E-state index contributed by atoms with van der Waals surface area (Å²) in [7, 11) is 0. The van der Waals surface area contributed by atoms with E-state index in [2.05, 4.69) is 24.3 Å². The number of carboxylic acid groups (broad SMARTS) is 1. The Kier molecular flexibility index (Phi) is 4.11. The number of aliphatic carboxylic acids is 1. The third kappa shape index (κ3) is 3.18. The fourth-order valence-electron chi connectivity index (χ4n) is 2.18. The third-order valence-corrected chi connectivity index (χ3v) is 3.35. The molecular weight excluding hydrogens is 258 g/mol. The number of carbonyl (C=O) groups is 2. The van der Waals surface area contributed by atoms with Crippen LogP contribution in [0.4, 0.5) is 0 Å². The molecule has 1 unspecified atom stereocenters. The lowest BCUT2D eigenvalue weighted by Gasteiger charge is -2.12. The summed E-state index contributed by atoms with van der Waals surface area (Å²) in [6, 6.07) is -0.900. The Morgan fingerprint density at radius 2 is 2.10 bits per heavy atom. The lowest BCUT2D eigenvalue weighted by atomic mass is 10.1. The molecule has 1 fully saturated rings. The van der Waals surface area contributed by atoms with Crippen LogP contribution in [0.25, 0.3) is 0 Å². The summed E-state index contributed by atoms with van der Waals surface area (Å²) in [5.74, 6) is -0.559. The van der Waals surface area contributed by atoms with E-state index >= 15 is 0 Å². The Labute approximate surface area is 118 Å². The van der Waals surface area contributed by atoms with Crippen LogP contribution in [0.3, 0.4) is 0 Å². The maximum Gasteiger partial charge on any atom is 0.325 e. The maximum absolute atomic E-state index is 12.2. The van der Waals surface area contributed by atoms with E-state index < -0.39 is 12.0 Å². The molecule has 0 spiro atoms. The molecule has 1 amide bonds. The minimum absolute atomic E-state index is 0.350. The maximum atomic E-state index is 12.2. The molecule has 0 aromatic carbocycles. The molecule has 1 atom stereocenters. The average Bonchev–Trinajstić information content (AvgIpc) is 3.10. The van der Waals surface area contributed by atoms with Crippen molar-refractivity contribution in [2.75, 3.05) is 0 Å². The number of rotatable bonds is 6. The molecule has 1 saturated carbocycles. The minimum Gasteiger partial charge on any atom is -0.480 e. The Morgan fingerprint density at radius 3 is 2.60 bits per heavy atom. The van der Waals surface area contributed by atoms with Gasteiger partial charge in [-0.2, -0.15) is 5.10 Å². The topological polar surface area (TPSA) is 84.2 Å². The highest BCUT2D eigenvalue weighted by Crippen LogP contribution is 2.41. The van der Waals surface area contributed by atoms with Gasteiger partial charge in [0.2, 0.25) is 0 Å². The van der Waals surface area contributed by atoms with E-state index in [4.69, 9.17) is 5.11 Å². The normalized spacial score (nSPS) is 16.2. The summed E-state index contributed by atoms with van der Waals surface area (Å²) in [5, 5.41) is 15.6. The number of hydrogen-bond acceptors (Lipinski definition) is 3. The second kappa shape index (κ2) is 5.64. The van der Waals surface area contributed by atoms with Crippen LogP contribution in [0.2, 0.25) is 0 Å². The van der Waals surface area contributed by atoms with Crippen LogP contribution in [0, 0.1) is 5.92 Å². The van der Waals surface area contributed by atoms with Gasteiger partial charge in [0.15, 0.2) is 0 Å². The average molecular weight is 279 g/mol. The number of amides is 1. The number of carbonyl (C=O) groups excluding carboxylic acids is 1. The largest absolute Gasteiger partial charge is 0.480 e. The Morgan fingerprint density at radius 1 is 1.45 bits per heavy atom. The highest BCUT2D eigenvalue weighted by atomic mass is 16.4. The number of hydrogen-bond donors (Lipinski definition) is 2. The van der Waals surface area contributed by atoms with Crippen molar-refractivity contribution in [2.24, 2.45) is 5.92 Å². The van der Waals surface area contributed by atoms with E-state index in [1.807, 2.05) is 4.68 Å². The van der Waals surface area contributed by atoms with E-state index in [-0.39, 0.29) is 5.91 Å². The van der Waals surface area contributed by atoms with Crippen molar-refractivity contribution in [3.8, 4) is 0 Å². The van der Waals surface area contributed by atoms with Gasteiger partial charge in [-0.1, -0.05) is 13.8 Å². The molecule has 1 aliphatic carbocycles. The molecule has 1 aliphatic rings. The summed E-state index contributed by atoms with van der Waals surface area (Å²) in [5.41, 5.74) is 1.47. The number of nitrogens with one attached hydrogen (secondary N) is 1. The van der Waals surface area contributed by atoms with E-state index in [9.17, 15) is 9.59 Å². The lowest BCUT2D eigenvalue weighted by molar-refractivity contribution is -0.138. The first-order valence-corrected chi connectivity index (χ1v) is 6.99. The molecule has 6 nitrogen and oxygen atoms in total. The molecule has 110 valence electrons. The quantitative estimate of drug-likeness (QED) is 0.828. The monoisotopic (exact) mass is 279 g/mol. The van der Waals surface area contributed by atoms with Gasteiger partial charge in [-0.15, -0.1) is 0 Å². The van der Waals surface area contributed by atoms with Crippen molar-refractivity contribution in [3.05, 3.63) is 17.5 Å². The van der Waals surface area contributed by atoms with E-state index in [1.54, 1.807) is 6.20 Å². The van der Waals surface area contributed by atoms with Gasteiger partial charge < -0.3 is 10.4 Å². The van der Waals surface area contributed by atoms with Crippen LogP contribution in [0.5, 0.6) is 0 Å². The van der Waals surface area contributed by atoms with Crippen LogP contribution >= 0.6 is 0 Å². The highest BCUT2D eigenvalue weighted by Gasteiger charge is 2.33. The van der Waals surface area contributed by atoms with Crippen molar-refractivity contribution in [3.63, 3.8) is 0 Å². The fraction of sp³-hybridized carbons (Fsp3) is 0.643. The Balaban J connectivity index is 2.20. The first-order chi connectivity index (χ1) is 9.40. The molecular formula is C14H21N3O3. The molecule has 0 aliphatic heterocycles. The third-order valence-electron chi connectivity index (χ3n) is 3.35. The first-order valence-electron chi connectivity index (χ1n) is 6.99. The van der Waals surface area contributed by atoms with Crippen LogP contribution in [-0.2, 0) is 11.3 Å². The summed E-state index contributed by atoms with van der Waals surface area (Å²) in [6.45, 7) is 6.43. The van der Waals surface area contributed by atoms with Crippen molar-refractivity contribution in [1.29, 1.82) is 0 Å². The molecule has 1 aromatic rings. The van der Waals surface area contributed by atoms with Gasteiger partial charge in [-0.05, 0) is 25.7 Å². The van der Waals surface area contributed by atoms with Gasteiger partial charge in [0.1, 0.15) is 6.04 Å². The number of carboxylic acids is 1. The van der Waals surface area contributed by atoms with Gasteiger partial charge in [-0.25, -0.2) is 0 Å². The molecule has 1 aromatic heterocycles. The van der Waals surface area contributed by atoms with Crippen molar-refractivity contribution in [1.82, 2.24) is 15.1 Å². The van der Waals surface area contributed by atoms with Gasteiger partial charge >= 0.3 is 5.97 Å². The van der Waals surface area contributed by atoms with Crippen LogP contribution in [0.1, 0.15) is 55.6 Å². The van der Waals surface area contributed by atoms with Crippen molar-refractivity contribution < 1.29 is 14.7 Å². The van der Waals surface area contributed by atoms with Gasteiger partial charge in [0.05, 0.1) is 17.5 Å². The zero-order valence-corrected chi connectivity index (χ0v) is 12.1. The second-order valence-electron chi connectivity index (χ2n) is 5.83. The standard InChI is InChI=1S/C14H21N3O3/c1-8(2)7-17-12(10-4-5-10)11(6-15-17)13(18)16-9(3)14(19)20/h6,8-10H,4-5,7H2,1-3H3,(H,16,18)(H,19,20). The van der Waals surface area contributed by atoms with Crippen molar-refractivity contribution in [2.45, 2.75) is 52.1 Å². The summed E-state index contributed by atoms with van der Waals surface area (Å²) in [6.07, 6.45) is 3.69. The van der Waals surface area contributed by atoms with Gasteiger partial charge in [0.25, 0.3) is 5.91 Å². The zero-order valence-electron chi connectivity index (χ0n) is 12.1. The SMILES string of the molecule is CC(C)Cn1ncc(C(=O)NC(C)C(=O)O)c1C1CC1. The smallest absolute Gasteiger partial charge is 0.325 e.